The van der Waals surface area contributed by atoms with Crippen molar-refractivity contribution in [3.05, 3.63) is 17.7 Å². The average Bonchev–Trinajstić information content (AvgIpc) is 2.18. The number of hydrogen-bond acceptors (Lipinski definition) is 4. The molecule has 4 N–H and O–H groups in total. The van der Waals surface area contributed by atoms with Crippen molar-refractivity contribution >= 4 is 11.6 Å². The third kappa shape index (κ3) is 4.63. The van der Waals surface area contributed by atoms with Crippen molar-refractivity contribution in [1.29, 1.82) is 0 Å². The molecule has 0 radical (unpaired) electrons. The number of nitrogens with two attached hydrogens (primary N) is 1. The van der Waals surface area contributed by atoms with Crippen LogP contribution >= 0.6 is 0 Å². The van der Waals surface area contributed by atoms with Crippen LogP contribution in [0.5, 0.6) is 0 Å². The number of anilines is 2. The lowest BCUT2D eigenvalue weighted by molar-refractivity contribution is 0.301. The molecular weight excluding hydrogens is 250 g/mol. The molecule has 0 spiro atoms. The van der Waals surface area contributed by atoms with Crippen LogP contribution in [-0.2, 0) is 0 Å². The second-order valence-electron chi connectivity index (χ2n) is 6.54. The first-order valence-electron chi connectivity index (χ1n) is 6.15. The highest BCUT2D eigenvalue weighted by Crippen LogP contribution is 2.30. The van der Waals surface area contributed by atoms with Gasteiger partial charge in [0.25, 0.3) is 0 Å². The van der Waals surface area contributed by atoms with Gasteiger partial charge in [0.2, 0.25) is 0 Å². The fraction of sp³-hybridized carbons (Fsp3) is 0.615. The summed E-state index contributed by atoms with van der Waals surface area (Å²) in [6.45, 7) is 10.2. The molecule has 0 aliphatic heterocycles. The summed E-state index contributed by atoms with van der Waals surface area (Å²) in [5.41, 5.74) is 1.80. The summed E-state index contributed by atoms with van der Waals surface area (Å²) in [7, 11) is 0. The molecule has 1 heterocycles. The summed E-state index contributed by atoms with van der Waals surface area (Å²) in [4.78, 5) is 3.81. The normalized spacial score (nSPS) is 12.4. The third-order valence-corrected chi connectivity index (χ3v) is 2.50. The van der Waals surface area contributed by atoms with Gasteiger partial charge in [-0.1, -0.05) is 20.8 Å². The van der Waals surface area contributed by atoms with E-state index in [2.05, 4.69) is 36.5 Å². The van der Waals surface area contributed by atoms with Crippen molar-refractivity contribution in [3.63, 3.8) is 0 Å². The molecule has 0 aromatic carbocycles. The maximum Gasteiger partial charge on any atom is 0.178 e. The molecule has 0 atom stereocenters. The van der Waals surface area contributed by atoms with Crippen molar-refractivity contribution in [2.45, 2.75) is 46.6 Å². The molecule has 19 heavy (non-hydrogen) atoms. The summed E-state index contributed by atoms with van der Waals surface area (Å²) in [5.74, 6) is 3.38. The molecule has 0 aliphatic carbocycles. The van der Waals surface area contributed by atoms with Crippen molar-refractivity contribution in [3.8, 4) is 0 Å². The van der Waals surface area contributed by atoms with Crippen LogP contribution in [-0.4, -0.2) is 10.5 Å². The number of nitrogens with zero attached hydrogens (tertiary/aromatic N) is 1. The Kier molecular flexibility index (Phi) is 4.35. The van der Waals surface area contributed by atoms with E-state index in [-0.39, 0.29) is 22.6 Å². The van der Waals surface area contributed by atoms with E-state index in [0.717, 1.165) is 12.5 Å². The van der Waals surface area contributed by atoms with E-state index in [1.54, 1.807) is 0 Å². The van der Waals surface area contributed by atoms with Crippen molar-refractivity contribution < 1.29 is 8.78 Å². The number of nitrogens with one attached hydrogen (secondary N) is 2. The Bertz CT molecular complexity index is 453. The quantitative estimate of drug-likeness (QED) is 0.581. The molecule has 0 saturated heterocycles. The molecule has 0 saturated carbocycles. The highest BCUT2D eigenvalue weighted by molar-refractivity contribution is 5.48. The predicted octanol–water partition coefficient (Wildman–Crippen LogP) is 3.27. The molecule has 0 fully saturated rings. The maximum absolute atomic E-state index is 13.7. The standard InChI is InChI=1S/C13H22F2N4/c1-12(2,3)7-13(4,5)18-10-8(14)6-9(15)11(17-10)19-16/h6H,7,16H2,1-5H3,(H2,17,18,19). The zero-order chi connectivity index (χ0) is 14.8. The zero-order valence-electron chi connectivity index (χ0n) is 12.1. The van der Waals surface area contributed by atoms with Gasteiger partial charge in [-0.05, 0) is 25.7 Å². The number of pyridine rings is 1. The van der Waals surface area contributed by atoms with E-state index in [4.69, 9.17) is 5.84 Å². The van der Waals surface area contributed by atoms with Gasteiger partial charge in [0.15, 0.2) is 23.3 Å². The highest BCUT2D eigenvalue weighted by atomic mass is 19.1. The molecule has 6 heteroatoms. The number of rotatable bonds is 4. The Morgan fingerprint density at radius 1 is 1.11 bits per heavy atom. The first-order valence-corrected chi connectivity index (χ1v) is 6.15. The lowest BCUT2D eigenvalue weighted by atomic mass is 9.82. The van der Waals surface area contributed by atoms with Crippen LogP contribution in [0.1, 0.15) is 41.0 Å². The fourth-order valence-corrected chi connectivity index (χ4v) is 2.35. The Labute approximate surface area is 112 Å². The maximum atomic E-state index is 13.7. The van der Waals surface area contributed by atoms with Gasteiger partial charge < -0.3 is 10.7 Å². The molecule has 0 bridgehead atoms. The Hall–Kier alpha value is -1.43. The van der Waals surface area contributed by atoms with E-state index in [1.807, 2.05) is 13.8 Å². The van der Waals surface area contributed by atoms with E-state index in [9.17, 15) is 8.78 Å². The van der Waals surface area contributed by atoms with Crippen LogP contribution in [0.2, 0.25) is 0 Å². The van der Waals surface area contributed by atoms with Crippen LogP contribution in [0, 0.1) is 17.0 Å². The van der Waals surface area contributed by atoms with Gasteiger partial charge in [0.1, 0.15) is 0 Å². The van der Waals surface area contributed by atoms with Gasteiger partial charge in [-0.25, -0.2) is 19.6 Å². The van der Waals surface area contributed by atoms with Gasteiger partial charge in [-0.2, -0.15) is 0 Å². The predicted molar refractivity (Wildman–Crippen MR) is 73.7 cm³/mol. The van der Waals surface area contributed by atoms with Crippen LogP contribution < -0.4 is 16.6 Å². The van der Waals surface area contributed by atoms with E-state index in [0.29, 0.717) is 0 Å². The monoisotopic (exact) mass is 272 g/mol. The molecule has 108 valence electrons. The van der Waals surface area contributed by atoms with Crippen LogP contribution in [0.3, 0.4) is 0 Å². The summed E-state index contributed by atoms with van der Waals surface area (Å²) >= 11 is 0. The minimum Gasteiger partial charge on any atom is -0.363 e. The molecule has 1 aromatic rings. The molecule has 0 unspecified atom stereocenters. The molecular formula is C13H22F2N4. The first kappa shape index (κ1) is 15.6. The number of hydrogen-bond donors (Lipinski definition) is 3. The SMILES string of the molecule is CC(C)(C)CC(C)(C)Nc1nc(NN)c(F)cc1F. The topological polar surface area (TPSA) is 63.0 Å². The van der Waals surface area contributed by atoms with Crippen LogP contribution in [0.15, 0.2) is 6.07 Å². The third-order valence-electron chi connectivity index (χ3n) is 2.50. The van der Waals surface area contributed by atoms with Crippen molar-refractivity contribution in [2.75, 3.05) is 10.7 Å². The average molecular weight is 272 g/mol. The van der Waals surface area contributed by atoms with Crippen LogP contribution in [0.25, 0.3) is 0 Å². The van der Waals surface area contributed by atoms with Crippen molar-refractivity contribution in [1.82, 2.24) is 4.98 Å². The van der Waals surface area contributed by atoms with Gasteiger partial charge in [0.05, 0.1) is 0 Å². The number of nitrogen functional groups attached to an aromatic ring is 1. The number of hydrazine groups is 1. The van der Waals surface area contributed by atoms with Crippen LogP contribution in [0.4, 0.5) is 20.4 Å². The lowest BCUT2D eigenvalue weighted by Gasteiger charge is -2.33. The van der Waals surface area contributed by atoms with E-state index in [1.165, 1.54) is 0 Å². The summed E-state index contributed by atoms with van der Waals surface area (Å²) in [6.07, 6.45) is 0.796. The number of halogens is 2. The molecule has 0 aliphatic rings. The summed E-state index contributed by atoms with van der Waals surface area (Å²) in [6, 6.07) is 0.762. The van der Waals surface area contributed by atoms with Gasteiger partial charge in [-0.3, -0.25) is 0 Å². The molecule has 1 aromatic heterocycles. The largest absolute Gasteiger partial charge is 0.363 e. The second-order valence-corrected chi connectivity index (χ2v) is 6.54. The lowest BCUT2D eigenvalue weighted by Crippen LogP contribution is -2.36. The van der Waals surface area contributed by atoms with Gasteiger partial charge in [-0.15, -0.1) is 0 Å². The van der Waals surface area contributed by atoms with E-state index < -0.39 is 11.6 Å². The molecule has 0 amide bonds. The zero-order valence-corrected chi connectivity index (χ0v) is 12.1. The Morgan fingerprint density at radius 3 is 2.11 bits per heavy atom. The Morgan fingerprint density at radius 2 is 1.63 bits per heavy atom. The highest BCUT2D eigenvalue weighted by Gasteiger charge is 2.27. The van der Waals surface area contributed by atoms with Gasteiger partial charge >= 0.3 is 0 Å². The minimum atomic E-state index is -0.820. The van der Waals surface area contributed by atoms with E-state index >= 15 is 0 Å². The summed E-state index contributed by atoms with van der Waals surface area (Å²) < 4.78 is 27.0. The molecule has 4 nitrogen and oxygen atoms in total. The van der Waals surface area contributed by atoms with Gasteiger partial charge in [0, 0.05) is 11.6 Å². The second kappa shape index (κ2) is 5.28. The smallest absolute Gasteiger partial charge is 0.178 e. The Balaban J connectivity index is 2.99. The summed E-state index contributed by atoms with van der Waals surface area (Å²) in [5, 5.41) is 3.00. The fourth-order valence-electron chi connectivity index (χ4n) is 2.35. The molecule has 1 rings (SSSR count). The first-order chi connectivity index (χ1) is 8.54. The number of aromatic nitrogens is 1. The minimum absolute atomic E-state index is 0.0106. The van der Waals surface area contributed by atoms with Crippen molar-refractivity contribution in [2.24, 2.45) is 11.3 Å².